The summed E-state index contributed by atoms with van der Waals surface area (Å²) < 4.78 is 4.82. The van der Waals surface area contributed by atoms with Gasteiger partial charge in [0.25, 0.3) is 5.91 Å². The quantitative estimate of drug-likeness (QED) is 0.650. The monoisotopic (exact) mass is 315 g/mol. The molecule has 1 aliphatic rings. The fourth-order valence-corrected chi connectivity index (χ4v) is 1.97. The van der Waals surface area contributed by atoms with Crippen molar-refractivity contribution in [2.45, 2.75) is 12.8 Å². The Balaban J connectivity index is 1.61. The molecule has 118 valence electrons. The molecule has 1 aromatic carbocycles. The summed E-state index contributed by atoms with van der Waals surface area (Å²) in [6.07, 6.45) is 1.85. The van der Waals surface area contributed by atoms with Crippen molar-refractivity contribution in [1.29, 1.82) is 0 Å². The summed E-state index contributed by atoms with van der Waals surface area (Å²) in [5.41, 5.74) is 1.13. The molecule has 2 aromatic rings. The van der Waals surface area contributed by atoms with Crippen molar-refractivity contribution in [3.63, 3.8) is 0 Å². The van der Waals surface area contributed by atoms with Gasteiger partial charge in [0.2, 0.25) is 5.91 Å². The Morgan fingerprint density at radius 1 is 1.04 bits per heavy atom. The van der Waals surface area contributed by atoms with Crippen molar-refractivity contribution in [2.24, 2.45) is 5.92 Å². The summed E-state index contributed by atoms with van der Waals surface area (Å²) in [5.74, 6) is -1.11. The fourth-order valence-electron chi connectivity index (χ4n) is 1.97. The molecule has 3 rings (SSSR count). The highest BCUT2D eigenvalue weighted by molar-refractivity contribution is 6.02. The number of nitrogens with one attached hydrogen (secondary N) is 2. The summed E-state index contributed by atoms with van der Waals surface area (Å²) >= 11 is 0. The van der Waals surface area contributed by atoms with E-state index in [2.05, 4.69) is 10.6 Å². The second-order valence-electron chi connectivity index (χ2n) is 5.19. The number of nitro groups is 1. The molecule has 8 heteroatoms. The lowest BCUT2D eigenvalue weighted by atomic mass is 10.2. The van der Waals surface area contributed by atoms with Crippen LogP contribution < -0.4 is 10.6 Å². The first-order valence-electron chi connectivity index (χ1n) is 6.99. The predicted molar refractivity (Wildman–Crippen MR) is 81.1 cm³/mol. The summed E-state index contributed by atoms with van der Waals surface area (Å²) in [5, 5.41) is 15.9. The van der Waals surface area contributed by atoms with Crippen LogP contribution in [-0.4, -0.2) is 16.7 Å². The molecule has 1 saturated carbocycles. The van der Waals surface area contributed by atoms with Gasteiger partial charge in [0.1, 0.15) is 4.92 Å². The molecule has 0 spiro atoms. The Morgan fingerprint density at radius 3 is 2.17 bits per heavy atom. The van der Waals surface area contributed by atoms with Gasteiger partial charge in [-0.3, -0.25) is 19.7 Å². The molecule has 1 fully saturated rings. The highest BCUT2D eigenvalue weighted by Gasteiger charge is 2.29. The zero-order valence-electron chi connectivity index (χ0n) is 11.9. The fraction of sp³-hybridized carbons (Fsp3) is 0.200. The van der Waals surface area contributed by atoms with Gasteiger partial charge in [0.15, 0.2) is 5.76 Å². The van der Waals surface area contributed by atoms with Crippen LogP contribution in [0.25, 0.3) is 0 Å². The Labute approximate surface area is 130 Å². The first-order valence-corrected chi connectivity index (χ1v) is 6.99. The van der Waals surface area contributed by atoms with Crippen molar-refractivity contribution in [1.82, 2.24) is 0 Å². The molecule has 23 heavy (non-hydrogen) atoms. The van der Waals surface area contributed by atoms with Gasteiger partial charge in [-0.25, -0.2) is 0 Å². The largest absolute Gasteiger partial charge is 0.433 e. The molecule has 0 aliphatic heterocycles. The van der Waals surface area contributed by atoms with Gasteiger partial charge in [-0.1, -0.05) is 0 Å². The third-order valence-electron chi connectivity index (χ3n) is 3.35. The number of carbonyl (C=O) groups is 2. The van der Waals surface area contributed by atoms with E-state index < -0.39 is 16.7 Å². The van der Waals surface area contributed by atoms with Crippen LogP contribution in [0.3, 0.4) is 0 Å². The SMILES string of the molecule is O=C(Nc1ccc(NC(=O)C2CC2)cc1)c1ccc([N+](=O)[O-])o1. The Morgan fingerprint density at radius 2 is 1.65 bits per heavy atom. The molecule has 8 nitrogen and oxygen atoms in total. The topological polar surface area (TPSA) is 114 Å². The molecule has 0 bridgehead atoms. The van der Waals surface area contributed by atoms with Crippen LogP contribution >= 0.6 is 0 Å². The minimum atomic E-state index is -0.714. The lowest BCUT2D eigenvalue weighted by Gasteiger charge is -2.06. The molecule has 1 heterocycles. The normalized spacial score (nSPS) is 13.4. The van der Waals surface area contributed by atoms with Crippen molar-refractivity contribution in [3.05, 3.63) is 52.3 Å². The average Bonchev–Trinajstić information content (AvgIpc) is 3.25. The van der Waals surface area contributed by atoms with E-state index in [1.54, 1.807) is 24.3 Å². The smallest absolute Gasteiger partial charge is 0.395 e. The molecule has 0 saturated heterocycles. The van der Waals surface area contributed by atoms with Crippen LogP contribution in [0, 0.1) is 16.0 Å². The summed E-state index contributed by atoms with van der Waals surface area (Å²) in [7, 11) is 0. The van der Waals surface area contributed by atoms with Gasteiger partial charge in [-0.05, 0) is 43.2 Å². The van der Waals surface area contributed by atoms with Crippen LogP contribution in [0.4, 0.5) is 17.3 Å². The number of hydrogen-bond donors (Lipinski definition) is 2. The average molecular weight is 315 g/mol. The molecule has 1 aliphatic carbocycles. The van der Waals surface area contributed by atoms with Gasteiger partial charge in [-0.15, -0.1) is 0 Å². The Bertz CT molecular complexity index is 762. The number of furan rings is 1. The minimum absolute atomic E-state index is 0.00433. The molecule has 0 unspecified atom stereocenters. The van der Waals surface area contributed by atoms with Gasteiger partial charge < -0.3 is 15.1 Å². The summed E-state index contributed by atoms with van der Waals surface area (Å²) in [6.45, 7) is 0. The second kappa shape index (κ2) is 5.91. The maximum atomic E-state index is 11.9. The van der Waals surface area contributed by atoms with Crippen molar-refractivity contribution in [2.75, 3.05) is 10.6 Å². The maximum Gasteiger partial charge on any atom is 0.433 e. The number of benzene rings is 1. The third kappa shape index (κ3) is 3.54. The van der Waals surface area contributed by atoms with E-state index in [4.69, 9.17) is 4.42 Å². The first-order chi connectivity index (χ1) is 11.0. The van der Waals surface area contributed by atoms with E-state index in [9.17, 15) is 19.7 Å². The molecule has 2 amide bonds. The summed E-state index contributed by atoms with van der Waals surface area (Å²) in [6, 6.07) is 8.93. The predicted octanol–water partition coefficient (Wildman–Crippen LogP) is 2.79. The van der Waals surface area contributed by atoms with E-state index in [1.807, 2.05) is 0 Å². The van der Waals surface area contributed by atoms with Crippen LogP contribution in [0.2, 0.25) is 0 Å². The molecular formula is C15H13N3O5. The van der Waals surface area contributed by atoms with Crippen LogP contribution in [0.5, 0.6) is 0 Å². The molecule has 0 radical (unpaired) electrons. The molecular weight excluding hydrogens is 302 g/mol. The lowest BCUT2D eigenvalue weighted by Crippen LogP contribution is -2.13. The zero-order valence-corrected chi connectivity index (χ0v) is 11.9. The number of nitrogens with zero attached hydrogens (tertiary/aromatic N) is 1. The Hall–Kier alpha value is -3.16. The van der Waals surface area contributed by atoms with Crippen LogP contribution in [-0.2, 0) is 4.79 Å². The molecule has 0 atom stereocenters. The molecule has 2 N–H and O–H groups in total. The van der Waals surface area contributed by atoms with Gasteiger partial charge in [0, 0.05) is 17.3 Å². The maximum absolute atomic E-state index is 11.9. The lowest BCUT2D eigenvalue weighted by molar-refractivity contribution is -0.402. The van der Waals surface area contributed by atoms with Crippen LogP contribution in [0.1, 0.15) is 23.4 Å². The zero-order chi connectivity index (χ0) is 16.4. The highest BCUT2D eigenvalue weighted by atomic mass is 16.6. The van der Waals surface area contributed by atoms with Gasteiger partial charge >= 0.3 is 5.88 Å². The second-order valence-corrected chi connectivity index (χ2v) is 5.19. The van der Waals surface area contributed by atoms with E-state index in [-0.39, 0.29) is 17.6 Å². The Kier molecular flexibility index (Phi) is 3.80. The van der Waals surface area contributed by atoms with Crippen molar-refractivity contribution >= 4 is 29.1 Å². The standard InChI is InChI=1S/C15H13N3O5/c19-14(9-1-2-9)16-10-3-5-11(6-4-10)17-15(20)12-7-8-13(23-12)18(21)22/h3-9H,1-2H2,(H,16,19)(H,17,20). The van der Waals surface area contributed by atoms with Gasteiger partial charge in [-0.2, -0.15) is 0 Å². The van der Waals surface area contributed by atoms with E-state index in [0.717, 1.165) is 18.9 Å². The first kappa shape index (κ1) is 14.8. The van der Waals surface area contributed by atoms with Gasteiger partial charge in [0.05, 0.1) is 6.07 Å². The number of rotatable bonds is 5. The van der Waals surface area contributed by atoms with Crippen molar-refractivity contribution in [3.8, 4) is 0 Å². The summed E-state index contributed by atoms with van der Waals surface area (Å²) in [4.78, 5) is 33.3. The number of amides is 2. The van der Waals surface area contributed by atoms with E-state index in [1.165, 1.54) is 6.07 Å². The number of hydrogen-bond acceptors (Lipinski definition) is 5. The van der Waals surface area contributed by atoms with E-state index >= 15 is 0 Å². The number of anilines is 2. The minimum Gasteiger partial charge on any atom is -0.395 e. The third-order valence-corrected chi connectivity index (χ3v) is 3.35. The van der Waals surface area contributed by atoms with Crippen molar-refractivity contribution < 1.29 is 18.9 Å². The highest BCUT2D eigenvalue weighted by Crippen LogP contribution is 2.30. The van der Waals surface area contributed by atoms with Crippen LogP contribution in [0.15, 0.2) is 40.8 Å². The van der Waals surface area contributed by atoms with E-state index in [0.29, 0.717) is 11.4 Å². The number of carbonyl (C=O) groups excluding carboxylic acids is 2. The molecule has 1 aromatic heterocycles.